The summed E-state index contributed by atoms with van der Waals surface area (Å²) in [6.45, 7) is 0. The Morgan fingerprint density at radius 3 is 2.91 bits per heavy atom. The van der Waals surface area contributed by atoms with Crippen LogP contribution in [0, 0.1) is 11.3 Å². The zero-order valence-electron chi connectivity index (χ0n) is 18.7. The van der Waals surface area contributed by atoms with E-state index in [0.29, 0.717) is 48.4 Å². The Morgan fingerprint density at radius 1 is 1.26 bits per heavy atom. The van der Waals surface area contributed by atoms with Crippen molar-refractivity contribution in [2.24, 2.45) is 0 Å². The number of nitriles is 1. The number of carbonyl (C=O) groups excluding carboxylic acids is 2. The monoisotopic (exact) mass is 476 g/mol. The molecule has 0 bridgehead atoms. The van der Waals surface area contributed by atoms with Gasteiger partial charge in [-0.1, -0.05) is 12.1 Å². The molecule has 9 heteroatoms. The van der Waals surface area contributed by atoms with Gasteiger partial charge in [-0.2, -0.15) is 5.26 Å². The Labute approximate surface area is 201 Å². The first-order valence-corrected chi connectivity index (χ1v) is 11.7. The molecule has 2 heterocycles. The van der Waals surface area contributed by atoms with Gasteiger partial charge in [0.1, 0.15) is 22.9 Å². The number of pyridine rings is 1. The van der Waals surface area contributed by atoms with Gasteiger partial charge in [-0.05, 0) is 54.7 Å². The highest BCUT2D eigenvalue weighted by Crippen LogP contribution is 2.38. The van der Waals surface area contributed by atoms with Gasteiger partial charge in [0.05, 0.1) is 24.6 Å². The van der Waals surface area contributed by atoms with Gasteiger partial charge in [-0.3, -0.25) is 15.1 Å². The Hall–Kier alpha value is -3.90. The summed E-state index contributed by atoms with van der Waals surface area (Å²) in [5.41, 5.74) is 3.01. The van der Waals surface area contributed by atoms with Crippen LogP contribution in [0.4, 0.5) is 15.5 Å². The van der Waals surface area contributed by atoms with Crippen LogP contribution in [-0.4, -0.2) is 30.2 Å². The van der Waals surface area contributed by atoms with Crippen LogP contribution in [0.25, 0.3) is 0 Å². The van der Waals surface area contributed by atoms with E-state index in [9.17, 15) is 14.9 Å². The molecule has 2 N–H and O–H groups in total. The van der Waals surface area contributed by atoms with E-state index in [4.69, 9.17) is 9.47 Å². The van der Waals surface area contributed by atoms with Crippen molar-refractivity contribution in [1.82, 2.24) is 4.98 Å². The number of anilines is 2. The molecule has 0 saturated heterocycles. The first-order chi connectivity index (χ1) is 16.6. The van der Waals surface area contributed by atoms with Crippen molar-refractivity contribution in [3.63, 3.8) is 0 Å². The van der Waals surface area contributed by atoms with Crippen molar-refractivity contribution < 1.29 is 19.1 Å². The summed E-state index contributed by atoms with van der Waals surface area (Å²) in [7, 11) is 1.61. The molecule has 1 aromatic carbocycles. The van der Waals surface area contributed by atoms with E-state index in [-0.39, 0.29) is 12.0 Å². The number of hydrogen-bond acceptors (Lipinski definition) is 7. The number of ether oxygens (including phenoxy) is 2. The number of rotatable bonds is 7. The lowest BCUT2D eigenvalue weighted by Gasteiger charge is -2.22. The summed E-state index contributed by atoms with van der Waals surface area (Å²) in [5.74, 6) is 0.600. The van der Waals surface area contributed by atoms with Crippen LogP contribution in [0.3, 0.4) is 0 Å². The minimum Gasteiger partial charge on any atom is -0.497 e. The zero-order valence-corrected chi connectivity index (χ0v) is 19.5. The van der Waals surface area contributed by atoms with E-state index in [1.165, 1.54) is 11.3 Å². The second kappa shape index (κ2) is 10.8. The minimum absolute atomic E-state index is 0.151. The lowest BCUT2D eigenvalue weighted by molar-refractivity contribution is -0.116. The van der Waals surface area contributed by atoms with Crippen LogP contribution in [0.5, 0.6) is 5.75 Å². The molecule has 1 atom stereocenters. The van der Waals surface area contributed by atoms with Gasteiger partial charge in [0.2, 0.25) is 5.91 Å². The van der Waals surface area contributed by atoms with Crippen LogP contribution < -0.4 is 15.4 Å². The number of aryl methyl sites for hydroxylation is 1. The Morgan fingerprint density at radius 2 is 2.15 bits per heavy atom. The number of fused-ring (bicyclic) bond motifs is 1. The fraction of sp³-hybridized carbons (Fsp3) is 0.280. The molecule has 2 aromatic heterocycles. The number of hydrogen-bond donors (Lipinski definition) is 2. The molecule has 3 aromatic rings. The molecular formula is C25H24N4O4S. The molecule has 0 saturated carbocycles. The summed E-state index contributed by atoms with van der Waals surface area (Å²) in [5, 5.41) is 15.8. The molecule has 4 rings (SSSR count). The number of aromatic nitrogens is 1. The predicted molar refractivity (Wildman–Crippen MR) is 129 cm³/mol. The number of benzene rings is 1. The Balaban J connectivity index is 1.35. The van der Waals surface area contributed by atoms with Gasteiger partial charge in [0.25, 0.3) is 0 Å². The van der Waals surface area contributed by atoms with Crippen LogP contribution in [0.1, 0.15) is 34.4 Å². The fourth-order valence-electron chi connectivity index (χ4n) is 3.87. The highest BCUT2D eigenvalue weighted by atomic mass is 32.1. The van der Waals surface area contributed by atoms with Gasteiger partial charge in [0, 0.05) is 23.9 Å². The maximum Gasteiger partial charge on any atom is 0.411 e. The van der Waals surface area contributed by atoms with Crippen LogP contribution in [0.2, 0.25) is 0 Å². The largest absolute Gasteiger partial charge is 0.497 e. The number of thiophene rings is 1. The Bertz CT molecular complexity index is 1220. The van der Waals surface area contributed by atoms with Gasteiger partial charge in [-0.25, -0.2) is 4.79 Å². The molecular weight excluding hydrogens is 452 g/mol. The maximum atomic E-state index is 12.6. The molecule has 8 nitrogen and oxygen atoms in total. The Kier molecular flexibility index (Phi) is 7.40. The summed E-state index contributed by atoms with van der Waals surface area (Å²) < 4.78 is 10.8. The highest BCUT2D eigenvalue weighted by Gasteiger charge is 2.28. The quantitative estimate of drug-likeness (QED) is 0.511. The second-order valence-electron chi connectivity index (χ2n) is 7.86. The van der Waals surface area contributed by atoms with Gasteiger partial charge >= 0.3 is 6.09 Å². The maximum absolute atomic E-state index is 12.6. The fourth-order valence-corrected chi connectivity index (χ4v) is 5.15. The third-order valence-electron chi connectivity index (χ3n) is 5.54. The lowest BCUT2D eigenvalue weighted by atomic mass is 9.94. The van der Waals surface area contributed by atoms with Crippen molar-refractivity contribution in [2.75, 3.05) is 17.7 Å². The normalized spacial score (nSPS) is 14.4. The molecule has 0 spiro atoms. The third kappa shape index (κ3) is 5.71. The molecule has 0 aliphatic heterocycles. The van der Waals surface area contributed by atoms with Crippen LogP contribution in [-0.2, 0) is 28.8 Å². The summed E-state index contributed by atoms with van der Waals surface area (Å²) in [4.78, 5) is 29.7. The molecule has 174 valence electrons. The van der Waals surface area contributed by atoms with E-state index >= 15 is 0 Å². The first kappa shape index (κ1) is 23.3. The predicted octanol–water partition coefficient (Wildman–Crippen LogP) is 4.70. The van der Waals surface area contributed by atoms with Crippen molar-refractivity contribution in [3.05, 3.63) is 70.4 Å². The first-order valence-electron chi connectivity index (χ1n) is 10.9. The summed E-state index contributed by atoms with van der Waals surface area (Å²) >= 11 is 1.38. The number of amides is 2. The standard InChI is InChI=1S/C25H24N4O4S/c1-32-18-6-2-4-16(12-18)7-10-23(30)29-24-21(14-26)20-9-8-19(13-22(20)34-24)33-25(31)28-17-5-3-11-27-15-17/h2-6,11-12,15,19H,7-10,13H2,1H3,(H,28,31)(H,29,30). The molecule has 34 heavy (non-hydrogen) atoms. The van der Waals surface area contributed by atoms with Crippen LogP contribution >= 0.6 is 11.3 Å². The summed E-state index contributed by atoms with van der Waals surface area (Å²) in [6.07, 6.45) is 4.92. The SMILES string of the molecule is COc1cccc(CCC(=O)Nc2sc3c(c2C#N)CCC(OC(=O)Nc2cccnc2)C3)c1. The molecule has 0 radical (unpaired) electrons. The van der Waals surface area contributed by atoms with E-state index in [0.717, 1.165) is 21.8 Å². The number of carbonyl (C=O) groups is 2. The van der Waals surface area contributed by atoms with E-state index in [1.54, 1.807) is 31.6 Å². The number of nitrogens with zero attached hydrogens (tertiary/aromatic N) is 2. The van der Waals surface area contributed by atoms with E-state index in [1.807, 2.05) is 24.3 Å². The average Bonchev–Trinajstić information content (AvgIpc) is 3.19. The van der Waals surface area contributed by atoms with Crippen molar-refractivity contribution in [1.29, 1.82) is 5.26 Å². The highest BCUT2D eigenvalue weighted by molar-refractivity contribution is 7.16. The van der Waals surface area contributed by atoms with Gasteiger partial charge in [-0.15, -0.1) is 11.3 Å². The molecule has 1 aliphatic carbocycles. The minimum atomic E-state index is -0.537. The topological polar surface area (TPSA) is 113 Å². The molecule has 1 aliphatic rings. The second-order valence-corrected chi connectivity index (χ2v) is 8.96. The number of methoxy groups -OCH3 is 1. The average molecular weight is 477 g/mol. The molecule has 2 amide bonds. The summed E-state index contributed by atoms with van der Waals surface area (Å²) in [6, 6.07) is 13.3. The van der Waals surface area contributed by atoms with Crippen molar-refractivity contribution in [2.45, 2.75) is 38.2 Å². The lowest BCUT2D eigenvalue weighted by Crippen LogP contribution is -2.27. The van der Waals surface area contributed by atoms with E-state index in [2.05, 4.69) is 21.7 Å². The van der Waals surface area contributed by atoms with Gasteiger partial charge in [0.15, 0.2) is 0 Å². The number of nitrogens with one attached hydrogen (secondary N) is 2. The smallest absolute Gasteiger partial charge is 0.411 e. The van der Waals surface area contributed by atoms with Crippen molar-refractivity contribution >= 4 is 34.0 Å². The molecule has 1 unspecified atom stereocenters. The molecule has 0 fully saturated rings. The third-order valence-corrected chi connectivity index (χ3v) is 6.71. The van der Waals surface area contributed by atoms with Gasteiger partial charge < -0.3 is 14.8 Å². The van der Waals surface area contributed by atoms with Crippen LogP contribution in [0.15, 0.2) is 48.8 Å². The zero-order chi connectivity index (χ0) is 23.9. The van der Waals surface area contributed by atoms with E-state index < -0.39 is 6.09 Å². The van der Waals surface area contributed by atoms with Crippen molar-refractivity contribution in [3.8, 4) is 11.8 Å².